The van der Waals surface area contributed by atoms with Crippen molar-refractivity contribution in [2.75, 3.05) is 5.32 Å². The Bertz CT molecular complexity index is 816. The summed E-state index contributed by atoms with van der Waals surface area (Å²) < 4.78 is 0. The Morgan fingerprint density at radius 2 is 1.86 bits per heavy atom. The summed E-state index contributed by atoms with van der Waals surface area (Å²) in [5, 5.41) is 14.7. The molecule has 0 saturated heterocycles. The molecule has 3 rings (SSSR count). The lowest BCUT2D eigenvalue weighted by atomic mass is 10.1. The van der Waals surface area contributed by atoms with E-state index in [1.165, 1.54) is 0 Å². The molecule has 0 radical (unpaired) electrons. The molecule has 2 N–H and O–H groups in total. The van der Waals surface area contributed by atoms with Gasteiger partial charge in [-0.25, -0.2) is 9.78 Å². The number of halogens is 1. The van der Waals surface area contributed by atoms with Crippen LogP contribution in [0.25, 0.3) is 10.8 Å². The number of rotatable bonds is 3. The van der Waals surface area contributed by atoms with Crippen LogP contribution >= 0.6 is 11.6 Å². The van der Waals surface area contributed by atoms with Crippen LogP contribution in [-0.2, 0) is 0 Å². The molecule has 0 spiro atoms. The molecule has 0 aliphatic rings. The quantitative estimate of drug-likeness (QED) is 0.755. The third-order valence-corrected chi connectivity index (χ3v) is 3.36. The van der Waals surface area contributed by atoms with Gasteiger partial charge in [0.1, 0.15) is 5.82 Å². The molecule has 0 bridgehead atoms. The SMILES string of the molecule is O=C(O)c1ccc(Nc2nccc3cc(Cl)ccc23)cc1. The second-order valence-corrected chi connectivity index (χ2v) is 4.97. The summed E-state index contributed by atoms with van der Waals surface area (Å²) in [6, 6.07) is 14.0. The third-order valence-electron chi connectivity index (χ3n) is 3.12. The number of benzene rings is 2. The third kappa shape index (κ3) is 2.80. The molecule has 5 heteroatoms. The topological polar surface area (TPSA) is 62.2 Å². The molecule has 21 heavy (non-hydrogen) atoms. The zero-order valence-corrected chi connectivity index (χ0v) is 11.6. The van der Waals surface area contributed by atoms with Crippen molar-refractivity contribution in [1.29, 1.82) is 0 Å². The summed E-state index contributed by atoms with van der Waals surface area (Å²) in [7, 11) is 0. The molecule has 0 fully saturated rings. The highest BCUT2D eigenvalue weighted by molar-refractivity contribution is 6.31. The maximum Gasteiger partial charge on any atom is 0.335 e. The van der Waals surface area contributed by atoms with Gasteiger partial charge in [-0.05, 0) is 53.9 Å². The maximum absolute atomic E-state index is 10.8. The van der Waals surface area contributed by atoms with Crippen molar-refractivity contribution in [3.63, 3.8) is 0 Å². The standard InChI is InChI=1S/C16H11ClN2O2/c17-12-3-6-14-11(9-12)7-8-18-15(14)19-13-4-1-10(2-5-13)16(20)21/h1-9H,(H,18,19)(H,20,21). The lowest BCUT2D eigenvalue weighted by Gasteiger charge is -2.09. The number of fused-ring (bicyclic) bond motifs is 1. The molecule has 0 aliphatic carbocycles. The van der Waals surface area contributed by atoms with Gasteiger partial charge in [0.05, 0.1) is 5.56 Å². The number of carboxylic acid groups (broad SMARTS) is 1. The van der Waals surface area contributed by atoms with Crippen LogP contribution < -0.4 is 5.32 Å². The smallest absolute Gasteiger partial charge is 0.335 e. The van der Waals surface area contributed by atoms with E-state index in [1.807, 2.05) is 24.3 Å². The number of carbonyl (C=O) groups is 1. The predicted molar refractivity (Wildman–Crippen MR) is 83.4 cm³/mol. The van der Waals surface area contributed by atoms with Crippen LogP contribution in [0.15, 0.2) is 54.7 Å². The molecule has 3 aromatic rings. The van der Waals surface area contributed by atoms with Gasteiger partial charge in [0.25, 0.3) is 0 Å². The van der Waals surface area contributed by atoms with Crippen LogP contribution in [0.1, 0.15) is 10.4 Å². The van der Waals surface area contributed by atoms with Crippen LogP contribution in [0.4, 0.5) is 11.5 Å². The molecule has 4 nitrogen and oxygen atoms in total. The van der Waals surface area contributed by atoms with E-state index < -0.39 is 5.97 Å². The van der Waals surface area contributed by atoms with E-state index in [1.54, 1.807) is 30.5 Å². The largest absolute Gasteiger partial charge is 0.478 e. The van der Waals surface area contributed by atoms with Gasteiger partial charge in [-0.2, -0.15) is 0 Å². The van der Waals surface area contributed by atoms with Gasteiger partial charge in [-0.3, -0.25) is 0 Å². The zero-order valence-electron chi connectivity index (χ0n) is 10.9. The number of carboxylic acids is 1. The number of aromatic carboxylic acids is 1. The van der Waals surface area contributed by atoms with E-state index in [4.69, 9.17) is 16.7 Å². The van der Waals surface area contributed by atoms with Crippen molar-refractivity contribution in [1.82, 2.24) is 4.98 Å². The second kappa shape index (κ2) is 5.42. The first-order valence-corrected chi connectivity index (χ1v) is 6.66. The summed E-state index contributed by atoms with van der Waals surface area (Å²) >= 11 is 5.98. The highest BCUT2D eigenvalue weighted by Crippen LogP contribution is 2.26. The molecule has 0 saturated carbocycles. The van der Waals surface area contributed by atoms with Crippen molar-refractivity contribution in [2.45, 2.75) is 0 Å². The minimum Gasteiger partial charge on any atom is -0.478 e. The van der Waals surface area contributed by atoms with E-state index in [2.05, 4.69) is 10.3 Å². The number of hydrogen-bond acceptors (Lipinski definition) is 3. The molecule has 1 heterocycles. The fourth-order valence-electron chi connectivity index (χ4n) is 2.08. The van der Waals surface area contributed by atoms with Gasteiger partial charge in [0, 0.05) is 22.3 Å². The van der Waals surface area contributed by atoms with Gasteiger partial charge in [-0.15, -0.1) is 0 Å². The Balaban J connectivity index is 1.96. The summed E-state index contributed by atoms with van der Waals surface area (Å²) in [5.41, 5.74) is 1.02. The number of nitrogens with zero attached hydrogens (tertiary/aromatic N) is 1. The van der Waals surface area contributed by atoms with Crippen LogP contribution in [0.3, 0.4) is 0 Å². The first-order chi connectivity index (χ1) is 10.1. The Labute approximate surface area is 126 Å². The van der Waals surface area contributed by atoms with Crippen molar-refractivity contribution < 1.29 is 9.90 Å². The van der Waals surface area contributed by atoms with E-state index in [-0.39, 0.29) is 5.56 Å². The second-order valence-electron chi connectivity index (χ2n) is 4.53. The molecular weight excluding hydrogens is 288 g/mol. The Hall–Kier alpha value is -2.59. The maximum atomic E-state index is 10.8. The monoisotopic (exact) mass is 298 g/mol. The van der Waals surface area contributed by atoms with Crippen molar-refractivity contribution >= 4 is 39.8 Å². The van der Waals surface area contributed by atoms with E-state index >= 15 is 0 Å². The highest BCUT2D eigenvalue weighted by atomic mass is 35.5. The fourth-order valence-corrected chi connectivity index (χ4v) is 2.26. The number of pyridine rings is 1. The van der Waals surface area contributed by atoms with Crippen molar-refractivity contribution in [3.8, 4) is 0 Å². The molecule has 0 unspecified atom stereocenters. The highest BCUT2D eigenvalue weighted by Gasteiger charge is 2.05. The van der Waals surface area contributed by atoms with Gasteiger partial charge >= 0.3 is 5.97 Å². The van der Waals surface area contributed by atoms with E-state index in [0.717, 1.165) is 16.5 Å². The van der Waals surface area contributed by atoms with Crippen LogP contribution in [0.5, 0.6) is 0 Å². The van der Waals surface area contributed by atoms with Crippen molar-refractivity contribution in [2.24, 2.45) is 0 Å². The summed E-state index contributed by atoms with van der Waals surface area (Å²) in [4.78, 5) is 15.2. The first-order valence-electron chi connectivity index (χ1n) is 6.28. The van der Waals surface area contributed by atoms with Gasteiger partial charge in [-0.1, -0.05) is 11.6 Å². The number of nitrogens with one attached hydrogen (secondary N) is 1. The Morgan fingerprint density at radius 1 is 1.10 bits per heavy atom. The Morgan fingerprint density at radius 3 is 2.57 bits per heavy atom. The van der Waals surface area contributed by atoms with E-state index in [0.29, 0.717) is 10.8 Å². The average Bonchev–Trinajstić information content (AvgIpc) is 2.47. The molecule has 1 aromatic heterocycles. The molecule has 0 aliphatic heterocycles. The lowest BCUT2D eigenvalue weighted by Crippen LogP contribution is -1.98. The normalized spacial score (nSPS) is 10.5. The van der Waals surface area contributed by atoms with Crippen LogP contribution in [0, 0.1) is 0 Å². The van der Waals surface area contributed by atoms with E-state index in [9.17, 15) is 4.79 Å². The summed E-state index contributed by atoms with van der Waals surface area (Å²) in [6.45, 7) is 0. The van der Waals surface area contributed by atoms with Crippen LogP contribution in [-0.4, -0.2) is 16.1 Å². The lowest BCUT2D eigenvalue weighted by molar-refractivity contribution is 0.0697. The first kappa shape index (κ1) is 13.4. The number of aromatic nitrogens is 1. The summed E-state index contributed by atoms with van der Waals surface area (Å²) in [6.07, 6.45) is 1.70. The fraction of sp³-hybridized carbons (Fsp3) is 0. The molecule has 0 amide bonds. The average molecular weight is 299 g/mol. The molecule has 104 valence electrons. The Kier molecular flexibility index (Phi) is 3.46. The van der Waals surface area contributed by atoms with Crippen molar-refractivity contribution in [3.05, 3.63) is 65.3 Å². The molecule has 0 atom stereocenters. The predicted octanol–water partition coefficient (Wildman–Crippen LogP) is 4.33. The van der Waals surface area contributed by atoms with Gasteiger partial charge in [0.15, 0.2) is 0 Å². The summed E-state index contributed by atoms with van der Waals surface area (Å²) in [5.74, 6) is -0.244. The number of hydrogen-bond donors (Lipinski definition) is 2. The van der Waals surface area contributed by atoms with Gasteiger partial charge < -0.3 is 10.4 Å². The van der Waals surface area contributed by atoms with Gasteiger partial charge in [0.2, 0.25) is 0 Å². The molecular formula is C16H11ClN2O2. The molecule has 2 aromatic carbocycles. The van der Waals surface area contributed by atoms with Crippen LogP contribution in [0.2, 0.25) is 5.02 Å². The minimum atomic E-state index is -0.945. The zero-order chi connectivity index (χ0) is 14.8. The minimum absolute atomic E-state index is 0.248. The number of anilines is 2.